The molecule has 126 valence electrons. The highest BCUT2D eigenvalue weighted by atomic mass is 35.5. The summed E-state index contributed by atoms with van der Waals surface area (Å²) in [4.78, 5) is 11.8. The van der Waals surface area contributed by atoms with Crippen molar-refractivity contribution in [3.8, 4) is 11.5 Å². The van der Waals surface area contributed by atoms with Gasteiger partial charge in [0.25, 0.3) is 5.91 Å². The van der Waals surface area contributed by atoms with Gasteiger partial charge in [-0.05, 0) is 38.1 Å². The maximum Gasteiger partial charge on any atom is 0.277 e. The van der Waals surface area contributed by atoms with E-state index >= 15 is 0 Å². The van der Waals surface area contributed by atoms with Crippen LogP contribution in [0.2, 0.25) is 5.02 Å². The second kappa shape index (κ2) is 8.93. The van der Waals surface area contributed by atoms with Crippen LogP contribution in [0.25, 0.3) is 0 Å². The maximum atomic E-state index is 11.8. The van der Waals surface area contributed by atoms with Gasteiger partial charge in [-0.1, -0.05) is 35.9 Å². The molecule has 6 heteroatoms. The van der Waals surface area contributed by atoms with Crippen LogP contribution in [0.1, 0.15) is 19.4 Å². The summed E-state index contributed by atoms with van der Waals surface area (Å²) < 4.78 is 11.0. The lowest BCUT2D eigenvalue weighted by Gasteiger charge is -2.11. The van der Waals surface area contributed by atoms with E-state index in [2.05, 4.69) is 10.5 Å². The van der Waals surface area contributed by atoms with Crippen molar-refractivity contribution < 1.29 is 14.3 Å². The number of hydrogen-bond acceptors (Lipinski definition) is 4. The van der Waals surface area contributed by atoms with Gasteiger partial charge in [0, 0.05) is 5.56 Å². The first-order chi connectivity index (χ1) is 11.6. The first-order valence-corrected chi connectivity index (χ1v) is 7.89. The molecule has 0 aromatic heterocycles. The molecule has 24 heavy (non-hydrogen) atoms. The number of amides is 1. The van der Waals surface area contributed by atoms with E-state index in [9.17, 15) is 4.79 Å². The minimum absolute atomic E-state index is 0.0539. The van der Waals surface area contributed by atoms with Crippen molar-refractivity contribution in [2.75, 3.05) is 6.61 Å². The average molecular weight is 347 g/mol. The van der Waals surface area contributed by atoms with Gasteiger partial charge in [0.15, 0.2) is 6.61 Å². The number of hydrogen-bond donors (Lipinski definition) is 1. The Balaban J connectivity index is 1.88. The van der Waals surface area contributed by atoms with E-state index in [0.717, 1.165) is 5.56 Å². The third-order valence-electron chi connectivity index (χ3n) is 2.87. The average Bonchev–Trinajstić information content (AvgIpc) is 2.55. The number of carbonyl (C=O) groups excluding carboxylic acids is 1. The minimum Gasteiger partial charge on any atom is -0.490 e. The maximum absolute atomic E-state index is 11.8. The van der Waals surface area contributed by atoms with Crippen molar-refractivity contribution in [3.63, 3.8) is 0 Å². The van der Waals surface area contributed by atoms with Crippen molar-refractivity contribution in [2.45, 2.75) is 20.0 Å². The Bertz CT molecular complexity index is 717. The highest BCUT2D eigenvalue weighted by Crippen LogP contribution is 2.22. The predicted molar refractivity (Wildman–Crippen MR) is 94.9 cm³/mol. The number of halogens is 1. The summed E-state index contributed by atoms with van der Waals surface area (Å²) in [6.45, 7) is 3.72. The Morgan fingerprint density at radius 3 is 2.54 bits per heavy atom. The second-order valence-electron chi connectivity index (χ2n) is 5.22. The zero-order valence-electron chi connectivity index (χ0n) is 13.5. The van der Waals surface area contributed by atoms with E-state index in [1.807, 2.05) is 38.1 Å². The normalized spacial score (nSPS) is 10.8. The number of benzene rings is 2. The molecule has 5 nitrogen and oxygen atoms in total. The molecule has 0 spiro atoms. The Kier molecular flexibility index (Phi) is 6.63. The Labute approximate surface area is 146 Å². The summed E-state index contributed by atoms with van der Waals surface area (Å²) in [7, 11) is 0. The molecular weight excluding hydrogens is 328 g/mol. The largest absolute Gasteiger partial charge is 0.490 e. The molecule has 0 saturated carbocycles. The van der Waals surface area contributed by atoms with Gasteiger partial charge in [-0.2, -0.15) is 5.10 Å². The van der Waals surface area contributed by atoms with Gasteiger partial charge < -0.3 is 9.47 Å². The summed E-state index contributed by atoms with van der Waals surface area (Å²) in [5.41, 5.74) is 3.18. The molecule has 1 amide bonds. The molecule has 2 aromatic carbocycles. The van der Waals surface area contributed by atoms with Crippen molar-refractivity contribution in [3.05, 3.63) is 59.1 Å². The molecule has 0 unspecified atom stereocenters. The van der Waals surface area contributed by atoms with E-state index in [1.165, 1.54) is 6.21 Å². The predicted octanol–water partition coefficient (Wildman–Crippen LogP) is 3.66. The fourth-order valence-corrected chi connectivity index (χ4v) is 2.05. The van der Waals surface area contributed by atoms with Crippen LogP contribution in [0.15, 0.2) is 53.6 Å². The van der Waals surface area contributed by atoms with Gasteiger partial charge in [0.1, 0.15) is 11.5 Å². The van der Waals surface area contributed by atoms with Crippen LogP contribution in [0.3, 0.4) is 0 Å². The lowest BCUT2D eigenvalue weighted by Crippen LogP contribution is -2.24. The molecule has 0 fully saturated rings. The van der Waals surface area contributed by atoms with Crippen molar-refractivity contribution in [1.82, 2.24) is 5.43 Å². The van der Waals surface area contributed by atoms with E-state index in [-0.39, 0.29) is 18.6 Å². The smallest absolute Gasteiger partial charge is 0.277 e. The zero-order valence-corrected chi connectivity index (χ0v) is 14.3. The van der Waals surface area contributed by atoms with Gasteiger partial charge in [-0.15, -0.1) is 0 Å². The third-order valence-corrected chi connectivity index (χ3v) is 3.18. The number of para-hydroxylation sites is 2. The molecule has 0 aliphatic carbocycles. The van der Waals surface area contributed by atoms with Gasteiger partial charge in [0.05, 0.1) is 17.3 Å². The molecule has 2 aromatic rings. The van der Waals surface area contributed by atoms with Crippen LogP contribution >= 0.6 is 11.6 Å². The molecule has 0 aliphatic rings. The number of carbonyl (C=O) groups is 1. The number of ether oxygens (including phenoxy) is 2. The quantitative estimate of drug-likeness (QED) is 0.615. The number of hydrazone groups is 1. The summed E-state index contributed by atoms with van der Waals surface area (Å²) in [5, 5.41) is 4.38. The molecule has 0 radical (unpaired) electrons. The highest BCUT2D eigenvalue weighted by molar-refractivity contribution is 6.32. The Morgan fingerprint density at radius 2 is 1.83 bits per heavy atom. The summed E-state index contributed by atoms with van der Waals surface area (Å²) in [6.07, 6.45) is 1.59. The standard InChI is InChI=1S/C18H19ClN2O3/c1-13(2)24-16-9-5-3-7-14(16)11-20-21-18(22)12-23-17-10-6-4-8-15(17)19/h3-11,13H,12H2,1-2H3,(H,21,22)/b20-11+. The fourth-order valence-electron chi connectivity index (χ4n) is 1.86. The molecule has 0 bridgehead atoms. The fraction of sp³-hybridized carbons (Fsp3) is 0.222. The van der Waals surface area contributed by atoms with E-state index < -0.39 is 0 Å². The van der Waals surface area contributed by atoms with Crippen LogP contribution in [0.4, 0.5) is 0 Å². The van der Waals surface area contributed by atoms with Crippen LogP contribution in [-0.2, 0) is 4.79 Å². The third kappa shape index (κ3) is 5.59. The summed E-state index contributed by atoms with van der Waals surface area (Å²) in [6, 6.07) is 14.4. The van der Waals surface area contributed by atoms with Crippen molar-refractivity contribution >= 4 is 23.7 Å². The summed E-state index contributed by atoms with van der Waals surface area (Å²) >= 11 is 5.95. The lowest BCUT2D eigenvalue weighted by molar-refractivity contribution is -0.123. The van der Waals surface area contributed by atoms with Gasteiger partial charge in [0.2, 0.25) is 0 Å². The Morgan fingerprint density at radius 1 is 1.17 bits per heavy atom. The first-order valence-electron chi connectivity index (χ1n) is 7.51. The van der Waals surface area contributed by atoms with E-state index in [0.29, 0.717) is 16.5 Å². The molecule has 0 atom stereocenters. The van der Waals surface area contributed by atoms with Gasteiger partial charge in [-0.25, -0.2) is 5.43 Å². The Hall–Kier alpha value is -2.53. The van der Waals surface area contributed by atoms with Crippen LogP contribution in [0.5, 0.6) is 11.5 Å². The van der Waals surface area contributed by atoms with Crippen LogP contribution in [0, 0.1) is 0 Å². The molecule has 1 N–H and O–H groups in total. The van der Waals surface area contributed by atoms with E-state index in [1.54, 1.807) is 24.3 Å². The molecule has 0 aliphatic heterocycles. The first kappa shape index (κ1) is 17.8. The molecule has 2 rings (SSSR count). The van der Waals surface area contributed by atoms with Crippen molar-refractivity contribution in [1.29, 1.82) is 0 Å². The van der Waals surface area contributed by atoms with Crippen LogP contribution < -0.4 is 14.9 Å². The number of nitrogens with one attached hydrogen (secondary N) is 1. The minimum atomic E-state index is -0.381. The van der Waals surface area contributed by atoms with Gasteiger partial charge in [-0.3, -0.25) is 4.79 Å². The molecular formula is C18H19ClN2O3. The summed E-state index contributed by atoms with van der Waals surface area (Å²) in [5.74, 6) is 0.778. The topological polar surface area (TPSA) is 59.9 Å². The number of rotatable bonds is 7. The van der Waals surface area contributed by atoms with Gasteiger partial charge >= 0.3 is 0 Å². The second-order valence-corrected chi connectivity index (χ2v) is 5.62. The van der Waals surface area contributed by atoms with Crippen molar-refractivity contribution in [2.24, 2.45) is 5.10 Å². The monoisotopic (exact) mass is 346 g/mol. The SMILES string of the molecule is CC(C)Oc1ccccc1/C=N/NC(=O)COc1ccccc1Cl. The molecule has 0 heterocycles. The lowest BCUT2D eigenvalue weighted by atomic mass is 10.2. The molecule has 0 saturated heterocycles. The van der Waals surface area contributed by atoms with E-state index in [4.69, 9.17) is 21.1 Å². The van der Waals surface area contributed by atoms with Crippen LogP contribution in [-0.4, -0.2) is 24.8 Å². The zero-order chi connectivity index (χ0) is 17.4. The number of nitrogens with zero attached hydrogens (tertiary/aromatic N) is 1. The highest BCUT2D eigenvalue weighted by Gasteiger charge is 2.05.